The van der Waals surface area contributed by atoms with E-state index in [9.17, 15) is 4.79 Å². The number of nitrogens with two attached hydrogens (primary N) is 1. The van der Waals surface area contributed by atoms with Gasteiger partial charge in [-0.1, -0.05) is 31.4 Å². The van der Waals surface area contributed by atoms with E-state index in [0.717, 1.165) is 18.8 Å². The van der Waals surface area contributed by atoms with E-state index in [4.69, 9.17) is 17.4 Å². The Morgan fingerprint density at radius 3 is 2.89 bits per heavy atom. The second kappa shape index (κ2) is 6.21. The number of carbonyl (C=O) groups excluding carboxylic acids is 1. The molecule has 1 aliphatic rings. The molecule has 1 saturated carbocycles. The zero-order chi connectivity index (χ0) is 13.8. The van der Waals surface area contributed by atoms with Crippen LogP contribution in [0, 0.1) is 5.92 Å². The minimum atomic E-state index is -0.131. The van der Waals surface area contributed by atoms with Gasteiger partial charge in [-0.15, -0.1) is 0 Å². The Balaban J connectivity index is 2.03. The van der Waals surface area contributed by atoms with Gasteiger partial charge in [-0.05, 0) is 30.9 Å². The Bertz CT molecular complexity index is 462. The number of aromatic nitrogens is 1. The van der Waals surface area contributed by atoms with Crippen molar-refractivity contribution in [1.82, 2.24) is 10.3 Å². The number of nitrogens with one attached hydrogen (secondary N) is 2. The van der Waals surface area contributed by atoms with Crippen molar-refractivity contribution in [3.05, 3.63) is 22.8 Å². The minimum Gasteiger partial charge on any atom is -0.349 e. The number of amides is 1. The number of pyridine rings is 1. The third kappa shape index (κ3) is 4.08. The summed E-state index contributed by atoms with van der Waals surface area (Å²) in [5.74, 6) is 6.32. The van der Waals surface area contributed by atoms with Crippen LogP contribution in [-0.4, -0.2) is 16.9 Å². The largest absolute Gasteiger partial charge is 0.349 e. The molecular formula is C13H19ClN4O. The second-order valence-electron chi connectivity index (χ2n) is 4.97. The molecule has 1 aromatic heterocycles. The molecule has 1 heterocycles. The van der Waals surface area contributed by atoms with Crippen LogP contribution in [0.1, 0.15) is 43.0 Å². The molecule has 1 unspecified atom stereocenters. The van der Waals surface area contributed by atoms with Gasteiger partial charge < -0.3 is 10.7 Å². The highest BCUT2D eigenvalue weighted by atomic mass is 35.5. The lowest BCUT2D eigenvalue weighted by Gasteiger charge is -2.17. The Hall–Kier alpha value is -1.33. The normalized spacial score (nSPS) is 15.9. The second-order valence-corrected chi connectivity index (χ2v) is 5.35. The molecule has 0 bridgehead atoms. The molecule has 1 amide bonds. The van der Waals surface area contributed by atoms with Crippen LogP contribution in [-0.2, 0) is 0 Å². The van der Waals surface area contributed by atoms with Gasteiger partial charge in [-0.2, -0.15) is 0 Å². The Kier molecular flexibility index (Phi) is 4.61. The van der Waals surface area contributed by atoms with Gasteiger partial charge in [0.15, 0.2) is 0 Å². The highest BCUT2D eigenvalue weighted by Gasteiger charge is 2.25. The monoisotopic (exact) mass is 282 g/mol. The molecule has 0 aliphatic heterocycles. The first-order chi connectivity index (χ1) is 9.12. The smallest absolute Gasteiger partial charge is 0.251 e. The van der Waals surface area contributed by atoms with Crippen LogP contribution in [0.5, 0.6) is 0 Å². The van der Waals surface area contributed by atoms with E-state index < -0.39 is 0 Å². The summed E-state index contributed by atoms with van der Waals surface area (Å²) < 4.78 is 0. The number of anilines is 1. The molecule has 1 aliphatic carbocycles. The quantitative estimate of drug-likeness (QED) is 0.425. The lowest BCUT2D eigenvalue weighted by Crippen LogP contribution is -2.34. The van der Waals surface area contributed by atoms with Crippen molar-refractivity contribution < 1.29 is 4.79 Å². The molecule has 4 N–H and O–H groups in total. The number of hydrogen-bond acceptors (Lipinski definition) is 4. The molecule has 0 spiro atoms. The molecular weight excluding hydrogens is 264 g/mol. The summed E-state index contributed by atoms with van der Waals surface area (Å²) in [6.45, 7) is 2.08. The van der Waals surface area contributed by atoms with Gasteiger partial charge in [0.2, 0.25) is 0 Å². The predicted molar refractivity (Wildman–Crippen MR) is 75.9 cm³/mol. The fourth-order valence-corrected chi connectivity index (χ4v) is 2.26. The fraction of sp³-hybridized carbons (Fsp3) is 0.538. The van der Waals surface area contributed by atoms with Crippen LogP contribution in [0.2, 0.25) is 5.15 Å². The van der Waals surface area contributed by atoms with Crippen molar-refractivity contribution in [2.24, 2.45) is 11.8 Å². The average molecular weight is 283 g/mol. The van der Waals surface area contributed by atoms with Crippen molar-refractivity contribution in [1.29, 1.82) is 0 Å². The van der Waals surface area contributed by atoms with Crippen LogP contribution in [0.3, 0.4) is 0 Å². The van der Waals surface area contributed by atoms with E-state index in [1.165, 1.54) is 12.8 Å². The van der Waals surface area contributed by atoms with E-state index in [-0.39, 0.29) is 17.1 Å². The number of nitrogens with zero attached hydrogens (tertiary/aromatic N) is 1. The van der Waals surface area contributed by atoms with Crippen LogP contribution >= 0.6 is 11.6 Å². The van der Waals surface area contributed by atoms with E-state index in [1.54, 1.807) is 12.1 Å². The molecule has 0 radical (unpaired) electrons. The fourth-order valence-electron chi connectivity index (χ4n) is 2.05. The number of hydrazine groups is 1. The molecule has 0 saturated heterocycles. The van der Waals surface area contributed by atoms with Crippen LogP contribution < -0.4 is 16.6 Å². The zero-order valence-electron chi connectivity index (χ0n) is 10.9. The molecule has 2 rings (SSSR count). The van der Waals surface area contributed by atoms with Crippen LogP contribution in [0.4, 0.5) is 5.82 Å². The van der Waals surface area contributed by atoms with Crippen molar-refractivity contribution in [2.45, 2.75) is 38.6 Å². The molecule has 1 fully saturated rings. The summed E-state index contributed by atoms with van der Waals surface area (Å²) >= 11 is 5.85. The maximum atomic E-state index is 12.2. The molecule has 1 aromatic rings. The first kappa shape index (κ1) is 14.1. The number of hydrogen-bond donors (Lipinski definition) is 3. The summed E-state index contributed by atoms with van der Waals surface area (Å²) in [7, 11) is 0. The Morgan fingerprint density at radius 2 is 2.32 bits per heavy atom. The Labute approximate surface area is 117 Å². The summed E-state index contributed by atoms with van der Waals surface area (Å²) in [6, 6.07) is 3.35. The number of halogens is 1. The summed E-state index contributed by atoms with van der Waals surface area (Å²) in [4.78, 5) is 16.1. The van der Waals surface area contributed by atoms with Gasteiger partial charge in [0.1, 0.15) is 11.0 Å². The van der Waals surface area contributed by atoms with Gasteiger partial charge in [-0.3, -0.25) is 4.79 Å². The summed E-state index contributed by atoms with van der Waals surface area (Å²) in [6.07, 6.45) is 4.56. The maximum Gasteiger partial charge on any atom is 0.251 e. The SMILES string of the molecule is CCC(CC1CC1)NC(=O)c1cc(Cl)nc(NN)c1. The van der Waals surface area contributed by atoms with E-state index in [2.05, 4.69) is 22.7 Å². The summed E-state index contributed by atoms with van der Waals surface area (Å²) in [5, 5.41) is 3.29. The first-order valence-electron chi connectivity index (χ1n) is 6.57. The molecule has 6 heteroatoms. The van der Waals surface area contributed by atoms with E-state index in [0.29, 0.717) is 11.4 Å². The maximum absolute atomic E-state index is 12.2. The molecule has 19 heavy (non-hydrogen) atoms. The topological polar surface area (TPSA) is 80.0 Å². The number of nitrogen functional groups attached to an aromatic ring is 1. The predicted octanol–water partition coefficient (Wildman–Crippen LogP) is 2.33. The molecule has 5 nitrogen and oxygen atoms in total. The van der Waals surface area contributed by atoms with Crippen LogP contribution in [0.15, 0.2) is 12.1 Å². The van der Waals surface area contributed by atoms with Crippen molar-refractivity contribution in [3.63, 3.8) is 0 Å². The van der Waals surface area contributed by atoms with Crippen molar-refractivity contribution >= 4 is 23.3 Å². The lowest BCUT2D eigenvalue weighted by atomic mass is 10.1. The minimum absolute atomic E-state index is 0.131. The van der Waals surface area contributed by atoms with Gasteiger partial charge in [0.05, 0.1) is 0 Å². The first-order valence-corrected chi connectivity index (χ1v) is 6.95. The molecule has 0 aromatic carbocycles. The third-order valence-corrected chi connectivity index (χ3v) is 3.54. The van der Waals surface area contributed by atoms with Gasteiger partial charge in [0, 0.05) is 11.6 Å². The van der Waals surface area contributed by atoms with Crippen LogP contribution in [0.25, 0.3) is 0 Å². The number of rotatable bonds is 6. The standard InChI is InChI=1S/C13H19ClN4O/c1-2-10(5-8-3-4-8)16-13(19)9-6-11(14)17-12(7-9)18-15/h6-8,10H,2-5,15H2,1H3,(H,16,19)(H,17,18). The van der Waals surface area contributed by atoms with Gasteiger partial charge in [0.25, 0.3) is 5.91 Å². The van der Waals surface area contributed by atoms with Crippen molar-refractivity contribution in [3.8, 4) is 0 Å². The van der Waals surface area contributed by atoms with Crippen molar-refractivity contribution in [2.75, 3.05) is 5.43 Å². The molecule has 1 atom stereocenters. The Morgan fingerprint density at radius 1 is 1.58 bits per heavy atom. The van der Waals surface area contributed by atoms with E-state index >= 15 is 0 Å². The van der Waals surface area contributed by atoms with E-state index in [1.807, 2.05) is 0 Å². The zero-order valence-corrected chi connectivity index (χ0v) is 11.7. The average Bonchev–Trinajstić information content (AvgIpc) is 3.20. The highest BCUT2D eigenvalue weighted by molar-refractivity contribution is 6.29. The molecule has 104 valence electrons. The lowest BCUT2D eigenvalue weighted by molar-refractivity contribution is 0.0932. The number of carbonyl (C=O) groups is 1. The van der Waals surface area contributed by atoms with Gasteiger partial charge in [-0.25, -0.2) is 10.8 Å². The van der Waals surface area contributed by atoms with Gasteiger partial charge >= 0.3 is 0 Å². The third-order valence-electron chi connectivity index (χ3n) is 3.35. The highest BCUT2D eigenvalue weighted by Crippen LogP contribution is 2.34. The summed E-state index contributed by atoms with van der Waals surface area (Å²) in [5.41, 5.74) is 2.87.